The van der Waals surface area contributed by atoms with Crippen LogP contribution in [0.25, 0.3) is 0 Å². The van der Waals surface area contributed by atoms with Gasteiger partial charge in [-0.1, -0.05) is 18.2 Å². The number of nitrogens with one attached hydrogen (secondary N) is 1. The van der Waals surface area contributed by atoms with E-state index in [-0.39, 0.29) is 18.6 Å². The molecular formula is C15H22N2O2. The number of carbonyl (C=O) groups excluding carboxylic acids is 1. The number of aliphatic hydroxyl groups excluding tert-OH is 1. The number of amides is 1. The number of carbonyl (C=O) groups is 1. The van der Waals surface area contributed by atoms with Crippen LogP contribution >= 0.6 is 0 Å². The Hall–Kier alpha value is -1.39. The Morgan fingerprint density at radius 1 is 1.53 bits per heavy atom. The van der Waals surface area contributed by atoms with Gasteiger partial charge in [0.1, 0.15) is 0 Å². The third kappa shape index (κ3) is 3.33. The fraction of sp³-hybridized carbons (Fsp3) is 0.533. The number of aliphatic hydroxyl groups is 1. The molecular weight excluding hydrogens is 240 g/mol. The molecule has 1 fully saturated rings. The zero-order valence-corrected chi connectivity index (χ0v) is 11.6. The van der Waals surface area contributed by atoms with Crippen molar-refractivity contribution in [2.45, 2.75) is 26.3 Å². The van der Waals surface area contributed by atoms with Crippen LogP contribution in [-0.4, -0.2) is 41.7 Å². The first-order valence-corrected chi connectivity index (χ1v) is 6.83. The molecule has 4 heteroatoms. The predicted octanol–water partition coefficient (Wildman–Crippen LogP) is 1.64. The Morgan fingerprint density at radius 3 is 2.89 bits per heavy atom. The number of hydrogen-bond donors (Lipinski definition) is 2. The molecule has 1 heterocycles. The number of likely N-dealkylation sites (tertiary alicyclic amines) is 1. The predicted molar refractivity (Wildman–Crippen MR) is 76.0 cm³/mol. The van der Waals surface area contributed by atoms with Crippen LogP contribution in [0, 0.1) is 12.8 Å². The summed E-state index contributed by atoms with van der Waals surface area (Å²) in [6, 6.07) is 7.63. The van der Waals surface area contributed by atoms with E-state index in [0.29, 0.717) is 5.92 Å². The summed E-state index contributed by atoms with van der Waals surface area (Å²) in [5, 5.41) is 12.1. The molecule has 1 amide bonds. The maximum atomic E-state index is 12.2. The van der Waals surface area contributed by atoms with Crippen LogP contribution in [0.1, 0.15) is 18.9 Å². The van der Waals surface area contributed by atoms with Crippen LogP contribution in [0.15, 0.2) is 24.3 Å². The summed E-state index contributed by atoms with van der Waals surface area (Å²) in [5.74, 6) is 0.335. The summed E-state index contributed by atoms with van der Waals surface area (Å²) in [6.07, 6.45) is 0.971. The van der Waals surface area contributed by atoms with Crippen molar-refractivity contribution in [2.24, 2.45) is 5.92 Å². The summed E-state index contributed by atoms with van der Waals surface area (Å²) in [7, 11) is 0. The number of nitrogens with zero attached hydrogens (tertiary/aromatic N) is 1. The average Bonchev–Trinajstić information content (AvgIpc) is 2.89. The molecule has 2 rings (SSSR count). The highest BCUT2D eigenvalue weighted by molar-refractivity contribution is 5.95. The topological polar surface area (TPSA) is 52.6 Å². The Labute approximate surface area is 114 Å². The molecule has 2 N–H and O–H groups in total. The minimum Gasteiger partial charge on any atom is -0.396 e. The van der Waals surface area contributed by atoms with E-state index >= 15 is 0 Å². The zero-order valence-electron chi connectivity index (χ0n) is 11.6. The van der Waals surface area contributed by atoms with Crippen LogP contribution < -0.4 is 5.32 Å². The summed E-state index contributed by atoms with van der Waals surface area (Å²) < 4.78 is 0. The van der Waals surface area contributed by atoms with Crippen molar-refractivity contribution >= 4 is 11.6 Å². The molecule has 1 aromatic rings. The van der Waals surface area contributed by atoms with E-state index < -0.39 is 0 Å². The van der Waals surface area contributed by atoms with Crippen LogP contribution in [0.3, 0.4) is 0 Å². The molecule has 0 bridgehead atoms. The van der Waals surface area contributed by atoms with Crippen molar-refractivity contribution in [1.82, 2.24) is 4.90 Å². The molecule has 4 nitrogen and oxygen atoms in total. The molecule has 19 heavy (non-hydrogen) atoms. The van der Waals surface area contributed by atoms with Gasteiger partial charge in [-0.25, -0.2) is 0 Å². The first-order chi connectivity index (χ1) is 9.11. The lowest BCUT2D eigenvalue weighted by molar-refractivity contribution is -0.120. The van der Waals surface area contributed by atoms with Crippen molar-refractivity contribution in [2.75, 3.05) is 25.0 Å². The second kappa shape index (κ2) is 6.17. The summed E-state index contributed by atoms with van der Waals surface area (Å²) in [4.78, 5) is 14.4. The van der Waals surface area contributed by atoms with Gasteiger partial charge in [-0.15, -0.1) is 0 Å². The quantitative estimate of drug-likeness (QED) is 0.867. The normalized spacial score (nSPS) is 21.3. The largest absolute Gasteiger partial charge is 0.396 e. The summed E-state index contributed by atoms with van der Waals surface area (Å²) >= 11 is 0. The first kappa shape index (κ1) is 14.0. The number of rotatable bonds is 4. The smallest absolute Gasteiger partial charge is 0.241 e. The van der Waals surface area contributed by atoms with Gasteiger partial charge in [-0.05, 0) is 44.4 Å². The van der Waals surface area contributed by atoms with E-state index in [1.807, 2.05) is 38.1 Å². The van der Waals surface area contributed by atoms with Crippen LogP contribution in [0.5, 0.6) is 0 Å². The van der Waals surface area contributed by atoms with Crippen LogP contribution in [-0.2, 0) is 4.79 Å². The first-order valence-electron chi connectivity index (χ1n) is 6.83. The third-order valence-electron chi connectivity index (χ3n) is 3.91. The van der Waals surface area contributed by atoms with Gasteiger partial charge >= 0.3 is 0 Å². The number of benzene rings is 1. The molecule has 1 aromatic carbocycles. The fourth-order valence-corrected chi connectivity index (χ4v) is 2.48. The van der Waals surface area contributed by atoms with Crippen LogP contribution in [0.4, 0.5) is 5.69 Å². The van der Waals surface area contributed by atoms with Gasteiger partial charge in [-0.3, -0.25) is 9.69 Å². The molecule has 1 saturated heterocycles. The zero-order chi connectivity index (χ0) is 13.8. The van der Waals surface area contributed by atoms with Crippen LogP contribution in [0.2, 0.25) is 0 Å². The van der Waals surface area contributed by atoms with Gasteiger partial charge < -0.3 is 10.4 Å². The molecule has 1 aliphatic rings. The molecule has 0 aliphatic carbocycles. The molecule has 0 radical (unpaired) electrons. The van der Waals surface area contributed by atoms with Gasteiger partial charge in [0.25, 0.3) is 0 Å². The van der Waals surface area contributed by atoms with Gasteiger partial charge in [0.2, 0.25) is 5.91 Å². The van der Waals surface area contributed by atoms with Crippen molar-refractivity contribution < 1.29 is 9.90 Å². The second-order valence-electron chi connectivity index (χ2n) is 5.31. The van der Waals surface area contributed by atoms with E-state index in [0.717, 1.165) is 30.8 Å². The van der Waals surface area contributed by atoms with E-state index in [9.17, 15) is 4.79 Å². The van der Waals surface area contributed by atoms with Crippen molar-refractivity contribution in [3.63, 3.8) is 0 Å². The molecule has 1 aliphatic heterocycles. The monoisotopic (exact) mass is 262 g/mol. The average molecular weight is 262 g/mol. The number of anilines is 1. The number of aryl methyl sites for hydroxylation is 1. The van der Waals surface area contributed by atoms with E-state index in [1.54, 1.807) is 0 Å². The van der Waals surface area contributed by atoms with Gasteiger partial charge in [0.05, 0.1) is 6.04 Å². The summed E-state index contributed by atoms with van der Waals surface area (Å²) in [6.45, 7) is 5.81. The number of hydrogen-bond acceptors (Lipinski definition) is 3. The standard InChI is InChI=1S/C15H22N2O2/c1-11-5-3-4-6-14(11)16-15(19)12(2)17-8-7-13(9-17)10-18/h3-6,12-13,18H,7-10H2,1-2H3,(H,16,19). The molecule has 0 aromatic heterocycles. The second-order valence-corrected chi connectivity index (χ2v) is 5.31. The maximum Gasteiger partial charge on any atom is 0.241 e. The lowest BCUT2D eigenvalue weighted by atomic mass is 10.1. The highest BCUT2D eigenvalue weighted by Crippen LogP contribution is 2.19. The molecule has 2 unspecified atom stereocenters. The minimum atomic E-state index is -0.156. The lowest BCUT2D eigenvalue weighted by Gasteiger charge is -2.23. The third-order valence-corrected chi connectivity index (χ3v) is 3.91. The Balaban J connectivity index is 1.95. The van der Waals surface area contributed by atoms with E-state index in [4.69, 9.17) is 5.11 Å². The van der Waals surface area contributed by atoms with E-state index in [1.165, 1.54) is 0 Å². The molecule has 104 valence electrons. The SMILES string of the molecule is Cc1ccccc1NC(=O)C(C)N1CCC(CO)C1. The Bertz CT molecular complexity index is 448. The maximum absolute atomic E-state index is 12.2. The van der Waals surface area contributed by atoms with Gasteiger partial charge in [-0.2, -0.15) is 0 Å². The fourth-order valence-electron chi connectivity index (χ4n) is 2.48. The Kier molecular flexibility index (Phi) is 4.56. The van der Waals surface area contributed by atoms with Gasteiger partial charge in [0.15, 0.2) is 0 Å². The molecule has 0 spiro atoms. The minimum absolute atomic E-state index is 0.0212. The molecule has 0 saturated carbocycles. The number of para-hydroxylation sites is 1. The van der Waals surface area contributed by atoms with Crippen molar-refractivity contribution in [3.8, 4) is 0 Å². The van der Waals surface area contributed by atoms with Crippen molar-refractivity contribution in [1.29, 1.82) is 0 Å². The molecule has 2 atom stereocenters. The van der Waals surface area contributed by atoms with Gasteiger partial charge in [0, 0.05) is 18.8 Å². The lowest BCUT2D eigenvalue weighted by Crippen LogP contribution is -2.41. The highest BCUT2D eigenvalue weighted by Gasteiger charge is 2.29. The Morgan fingerprint density at radius 2 is 2.26 bits per heavy atom. The highest BCUT2D eigenvalue weighted by atomic mass is 16.3. The summed E-state index contributed by atoms with van der Waals surface area (Å²) in [5.41, 5.74) is 1.94. The van der Waals surface area contributed by atoms with E-state index in [2.05, 4.69) is 10.2 Å². The van der Waals surface area contributed by atoms with Crippen molar-refractivity contribution in [3.05, 3.63) is 29.8 Å².